The third-order valence-corrected chi connectivity index (χ3v) is 3.87. The van der Waals surface area contributed by atoms with E-state index in [1.54, 1.807) is 0 Å². The van der Waals surface area contributed by atoms with Gasteiger partial charge in [0.1, 0.15) is 0 Å². The maximum atomic E-state index is 8.96. The molecule has 1 N–H and O–H groups in total. The van der Waals surface area contributed by atoms with Gasteiger partial charge in [0.2, 0.25) is 0 Å². The summed E-state index contributed by atoms with van der Waals surface area (Å²) in [5, 5.41) is 8.96. The van der Waals surface area contributed by atoms with Crippen LogP contribution >= 0.6 is 0 Å². The number of hydrogen-bond donors (Lipinski definition) is 1. The Bertz CT molecular complexity index is 198. The van der Waals surface area contributed by atoms with Crippen LogP contribution in [0.1, 0.15) is 46.0 Å². The maximum absolute atomic E-state index is 8.96. The molecule has 1 unspecified atom stereocenters. The first-order chi connectivity index (χ1) is 6.63. The van der Waals surface area contributed by atoms with Gasteiger partial charge >= 0.3 is 0 Å². The van der Waals surface area contributed by atoms with Gasteiger partial charge in [-0.25, -0.2) is 0 Å². The summed E-state index contributed by atoms with van der Waals surface area (Å²) < 4.78 is 0. The molecule has 1 heterocycles. The Labute approximate surface area is 87.3 Å². The van der Waals surface area contributed by atoms with Gasteiger partial charge in [0.15, 0.2) is 0 Å². The lowest BCUT2D eigenvalue weighted by atomic mass is 9.81. The van der Waals surface area contributed by atoms with Gasteiger partial charge in [-0.15, -0.1) is 0 Å². The van der Waals surface area contributed by atoms with Gasteiger partial charge < -0.3 is 5.11 Å². The fourth-order valence-corrected chi connectivity index (χ4v) is 3.04. The van der Waals surface area contributed by atoms with E-state index in [0.717, 1.165) is 18.4 Å². The monoisotopic (exact) mass is 197 g/mol. The third-order valence-electron chi connectivity index (χ3n) is 3.87. The molecule has 2 fully saturated rings. The zero-order valence-corrected chi connectivity index (χ0v) is 9.50. The summed E-state index contributed by atoms with van der Waals surface area (Å²) >= 11 is 0. The molecular formula is C12H23NO. The van der Waals surface area contributed by atoms with Crippen molar-refractivity contribution in [1.82, 2.24) is 4.90 Å². The predicted molar refractivity (Wildman–Crippen MR) is 58.2 cm³/mol. The highest BCUT2D eigenvalue weighted by molar-refractivity contribution is 4.97. The molecule has 1 atom stereocenters. The van der Waals surface area contributed by atoms with Crippen LogP contribution < -0.4 is 0 Å². The fraction of sp³-hybridized carbons (Fsp3) is 1.00. The Morgan fingerprint density at radius 1 is 1.29 bits per heavy atom. The van der Waals surface area contributed by atoms with Gasteiger partial charge in [-0.1, -0.05) is 0 Å². The van der Waals surface area contributed by atoms with Crippen molar-refractivity contribution in [2.75, 3.05) is 13.2 Å². The van der Waals surface area contributed by atoms with Gasteiger partial charge in [0, 0.05) is 18.2 Å². The molecule has 2 rings (SSSR count). The zero-order chi connectivity index (χ0) is 10.2. The molecule has 0 aromatic heterocycles. The lowest BCUT2D eigenvalue weighted by molar-refractivity contribution is 0.0322. The Hall–Kier alpha value is -0.0800. The number of rotatable bonds is 3. The van der Waals surface area contributed by atoms with Gasteiger partial charge in [0.05, 0.1) is 0 Å². The number of likely N-dealkylation sites (tertiary alicyclic amines) is 1. The molecule has 0 amide bonds. The number of aliphatic hydroxyl groups excluding tert-OH is 1. The molecule has 0 bridgehead atoms. The SMILES string of the molecule is CC1(C)CC(CCO)CCN1C1CC1. The minimum absolute atomic E-state index is 0.365. The highest BCUT2D eigenvalue weighted by Gasteiger charge is 2.41. The van der Waals surface area contributed by atoms with Crippen LogP contribution in [0.15, 0.2) is 0 Å². The van der Waals surface area contributed by atoms with Crippen molar-refractivity contribution >= 4 is 0 Å². The zero-order valence-electron chi connectivity index (χ0n) is 9.50. The van der Waals surface area contributed by atoms with Crippen molar-refractivity contribution in [3.8, 4) is 0 Å². The topological polar surface area (TPSA) is 23.5 Å². The van der Waals surface area contributed by atoms with E-state index in [0.29, 0.717) is 12.1 Å². The van der Waals surface area contributed by atoms with E-state index in [1.807, 2.05) is 0 Å². The minimum atomic E-state index is 0.365. The van der Waals surface area contributed by atoms with E-state index < -0.39 is 0 Å². The summed E-state index contributed by atoms with van der Waals surface area (Å²) in [5.74, 6) is 0.755. The Kier molecular flexibility index (Phi) is 2.85. The van der Waals surface area contributed by atoms with Crippen LogP contribution in [0.25, 0.3) is 0 Å². The van der Waals surface area contributed by atoms with Crippen molar-refractivity contribution in [3.63, 3.8) is 0 Å². The first-order valence-electron chi connectivity index (χ1n) is 6.01. The highest BCUT2D eigenvalue weighted by atomic mass is 16.3. The molecule has 14 heavy (non-hydrogen) atoms. The van der Waals surface area contributed by atoms with E-state index in [1.165, 1.54) is 32.2 Å². The van der Waals surface area contributed by atoms with Gasteiger partial charge in [-0.2, -0.15) is 0 Å². The Morgan fingerprint density at radius 2 is 2.00 bits per heavy atom. The van der Waals surface area contributed by atoms with E-state index >= 15 is 0 Å². The van der Waals surface area contributed by atoms with Crippen molar-refractivity contribution in [2.24, 2.45) is 5.92 Å². The molecule has 1 saturated carbocycles. The Morgan fingerprint density at radius 3 is 2.50 bits per heavy atom. The van der Waals surface area contributed by atoms with Crippen LogP contribution in [-0.2, 0) is 0 Å². The summed E-state index contributed by atoms with van der Waals surface area (Å²) in [6.07, 6.45) is 6.38. The molecule has 1 saturated heterocycles. The van der Waals surface area contributed by atoms with Crippen molar-refractivity contribution in [2.45, 2.75) is 57.5 Å². The lowest BCUT2D eigenvalue weighted by Gasteiger charge is -2.46. The fourth-order valence-electron chi connectivity index (χ4n) is 3.04. The molecule has 82 valence electrons. The minimum Gasteiger partial charge on any atom is -0.396 e. The predicted octanol–water partition coefficient (Wildman–Crippen LogP) is 2.02. The second kappa shape index (κ2) is 3.82. The average molecular weight is 197 g/mol. The largest absolute Gasteiger partial charge is 0.396 e. The summed E-state index contributed by atoms with van der Waals surface area (Å²) in [7, 11) is 0. The van der Waals surface area contributed by atoms with Crippen LogP contribution in [0.3, 0.4) is 0 Å². The summed E-state index contributed by atoms with van der Waals surface area (Å²) in [4.78, 5) is 2.70. The van der Waals surface area contributed by atoms with Crippen LogP contribution in [0, 0.1) is 5.92 Å². The summed E-state index contributed by atoms with van der Waals surface area (Å²) in [5.41, 5.74) is 0.374. The van der Waals surface area contributed by atoms with E-state index in [9.17, 15) is 0 Å². The van der Waals surface area contributed by atoms with Gasteiger partial charge in [-0.3, -0.25) is 4.90 Å². The number of nitrogens with zero attached hydrogens (tertiary/aromatic N) is 1. The standard InChI is InChI=1S/C12H23NO/c1-12(2)9-10(6-8-14)5-7-13(12)11-3-4-11/h10-11,14H,3-9H2,1-2H3. The van der Waals surface area contributed by atoms with E-state index in [4.69, 9.17) is 5.11 Å². The smallest absolute Gasteiger partial charge is 0.0433 e. The maximum Gasteiger partial charge on any atom is 0.0433 e. The van der Waals surface area contributed by atoms with Gasteiger partial charge in [-0.05, 0) is 58.4 Å². The van der Waals surface area contributed by atoms with Crippen LogP contribution in [0.2, 0.25) is 0 Å². The molecule has 2 nitrogen and oxygen atoms in total. The van der Waals surface area contributed by atoms with Crippen LogP contribution in [0.5, 0.6) is 0 Å². The van der Waals surface area contributed by atoms with E-state index in [-0.39, 0.29) is 0 Å². The normalized spacial score (nSPS) is 33.2. The van der Waals surface area contributed by atoms with Crippen molar-refractivity contribution in [1.29, 1.82) is 0 Å². The molecule has 1 aliphatic heterocycles. The molecule has 0 aromatic carbocycles. The summed E-state index contributed by atoms with van der Waals surface area (Å²) in [6, 6.07) is 0.889. The first-order valence-corrected chi connectivity index (χ1v) is 6.01. The molecule has 0 spiro atoms. The first kappa shape index (κ1) is 10.4. The summed E-state index contributed by atoms with van der Waals surface area (Å²) in [6.45, 7) is 6.36. The van der Waals surface area contributed by atoms with E-state index in [2.05, 4.69) is 18.7 Å². The molecule has 0 aromatic rings. The highest BCUT2D eigenvalue weighted by Crippen LogP contribution is 2.40. The van der Waals surface area contributed by atoms with Crippen molar-refractivity contribution in [3.05, 3.63) is 0 Å². The second-order valence-corrected chi connectivity index (χ2v) is 5.61. The number of hydrogen-bond acceptors (Lipinski definition) is 2. The van der Waals surface area contributed by atoms with Gasteiger partial charge in [0.25, 0.3) is 0 Å². The third kappa shape index (κ3) is 2.12. The number of aliphatic hydroxyl groups is 1. The Balaban J connectivity index is 1.93. The molecule has 2 heteroatoms. The number of piperidine rings is 1. The van der Waals surface area contributed by atoms with Crippen LogP contribution in [-0.4, -0.2) is 34.7 Å². The molecule has 2 aliphatic rings. The lowest BCUT2D eigenvalue weighted by Crippen LogP contribution is -2.51. The molecule has 0 radical (unpaired) electrons. The quantitative estimate of drug-likeness (QED) is 0.748. The molecule has 1 aliphatic carbocycles. The van der Waals surface area contributed by atoms with Crippen molar-refractivity contribution < 1.29 is 5.11 Å². The second-order valence-electron chi connectivity index (χ2n) is 5.61. The average Bonchev–Trinajstić information content (AvgIpc) is 2.86. The van der Waals surface area contributed by atoms with Crippen LogP contribution in [0.4, 0.5) is 0 Å². The molecular weight excluding hydrogens is 174 g/mol.